The lowest BCUT2D eigenvalue weighted by Gasteiger charge is -2.62. The number of hydrogen-bond donors (Lipinski definition) is 1. The lowest BCUT2D eigenvalue weighted by atomic mass is 9.43. The molecule has 34 heavy (non-hydrogen) atoms. The van der Waals surface area contributed by atoms with E-state index in [0.29, 0.717) is 22.7 Å². The van der Waals surface area contributed by atoms with E-state index in [1.54, 1.807) is 0 Å². The Balaban J connectivity index is 1.19. The van der Waals surface area contributed by atoms with Gasteiger partial charge >= 0.3 is 0 Å². The van der Waals surface area contributed by atoms with Crippen LogP contribution in [-0.4, -0.2) is 29.7 Å². The molecule has 186 valence electrons. The predicted octanol–water partition coefficient (Wildman–Crippen LogP) is 6.85. The first-order valence-corrected chi connectivity index (χ1v) is 14.0. The van der Waals surface area contributed by atoms with E-state index in [4.69, 9.17) is 9.47 Å². The summed E-state index contributed by atoms with van der Waals surface area (Å²) in [6.45, 7) is 8.88. The van der Waals surface area contributed by atoms with E-state index in [1.165, 1.54) is 44.1 Å². The second-order valence-corrected chi connectivity index (χ2v) is 13.1. The smallest absolute Gasteiger partial charge is 0.169 e. The summed E-state index contributed by atoms with van der Waals surface area (Å²) in [5, 5.41) is 11.5. The second-order valence-electron chi connectivity index (χ2n) is 13.1. The molecule has 0 aromatic heterocycles. The summed E-state index contributed by atoms with van der Waals surface area (Å²) >= 11 is 0. The van der Waals surface area contributed by atoms with E-state index < -0.39 is 5.60 Å². The monoisotopic (exact) mass is 464 g/mol. The molecule has 8 atom stereocenters. The molecule has 4 saturated carbocycles. The van der Waals surface area contributed by atoms with E-state index in [9.17, 15) is 5.11 Å². The molecule has 0 radical (unpaired) electrons. The predicted molar refractivity (Wildman–Crippen MR) is 136 cm³/mol. The standard InChI is InChI=1S/C31H44O3/c1-28-17-18-31(32,16-13-22-7-5-4-6-8-22)21-23(28)9-10-24-25-11-12-27(30(3)33-19-20-34-30)29(25,2)15-14-26(24)28/h4-8,13,16,23-27,32H,9-12,14-15,17-21H2,1-3H3/t23-,24-,25-,26-,27-,28-,29-,31+/m0/s1. The molecule has 6 rings (SSSR count). The maximum absolute atomic E-state index is 11.5. The van der Waals surface area contributed by atoms with Gasteiger partial charge in [-0.15, -0.1) is 0 Å². The van der Waals surface area contributed by atoms with Crippen molar-refractivity contribution in [3.05, 3.63) is 42.0 Å². The first-order valence-electron chi connectivity index (χ1n) is 14.0. The van der Waals surface area contributed by atoms with Crippen LogP contribution in [0.25, 0.3) is 6.08 Å². The van der Waals surface area contributed by atoms with E-state index in [-0.39, 0.29) is 5.79 Å². The summed E-state index contributed by atoms with van der Waals surface area (Å²) < 4.78 is 12.4. The molecule has 0 amide bonds. The highest BCUT2D eigenvalue weighted by atomic mass is 16.7. The fraction of sp³-hybridized carbons (Fsp3) is 0.742. The zero-order valence-corrected chi connectivity index (χ0v) is 21.5. The Morgan fingerprint density at radius 3 is 2.32 bits per heavy atom. The molecule has 1 saturated heterocycles. The zero-order valence-electron chi connectivity index (χ0n) is 21.5. The van der Waals surface area contributed by atoms with Crippen LogP contribution >= 0.6 is 0 Å². The molecule has 5 aliphatic rings. The van der Waals surface area contributed by atoms with Crippen LogP contribution in [0.2, 0.25) is 0 Å². The molecular weight excluding hydrogens is 420 g/mol. The number of fused-ring (bicyclic) bond motifs is 5. The normalized spacial score (nSPS) is 47.8. The molecule has 1 aromatic rings. The third-order valence-corrected chi connectivity index (χ3v) is 11.6. The van der Waals surface area contributed by atoms with Crippen LogP contribution in [0.1, 0.15) is 84.1 Å². The maximum atomic E-state index is 11.5. The van der Waals surface area contributed by atoms with Crippen molar-refractivity contribution < 1.29 is 14.6 Å². The molecule has 0 bridgehead atoms. The minimum atomic E-state index is -0.653. The molecular formula is C31H44O3. The molecule has 3 nitrogen and oxygen atoms in total. The molecule has 5 fully saturated rings. The first-order chi connectivity index (χ1) is 16.3. The lowest BCUT2D eigenvalue weighted by molar-refractivity contribution is -0.219. The number of rotatable bonds is 3. The summed E-state index contributed by atoms with van der Waals surface area (Å²) in [4.78, 5) is 0. The average molecular weight is 465 g/mol. The van der Waals surface area contributed by atoms with Gasteiger partial charge in [-0.25, -0.2) is 0 Å². The topological polar surface area (TPSA) is 38.7 Å². The minimum absolute atomic E-state index is 0.345. The van der Waals surface area contributed by atoms with Gasteiger partial charge in [0, 0.05) is 5.92 Å². The van der Waals surface area contributed by atoms with Crippen LogP contribution in [0.15, 0.2) is 36.4 Å². The van der Waals surface area contributed by atoms with E-state index >= 15 is 0 Å². The number of benzene rings is 1. The Morgan fingerprint density at radius 1 is 0.824 bits per heavy atom. The Labute approximate surface area is 206 Å². The quantitative estimate of drug-likeness (QED) is 0.531. The molecule has 0 unspecified atom stereocenters. The maximum Gasteiger partial charge on any atom is 0.169 e. The first kappa shape index (κ1) is 23.3. The van der Waals surface area contributed by atoms with Crippen molar-refractivity contribution in [2.24, 2.45) is 40.4 Å². The second kappa shape index (κ2) is 8.18. The molecule has 3 heteroatoms. The van der Waals surface area contributed by atoms with Crippen molar-refractivity contribution in [3.8, 4) is 0 Å². The van der Waals surface area contributed by atoms with Crippen molar-refractivity contribution in [1.29, 1.82) is 0 Å². The van der Waals surface area contributed by atoms with Gasteiger partial charge in [0.1, 0.15) is 0 Å². The highest BCUT2D eigenvalue weighted by Crippen LogP contribution is 2.69. The number of aliphatic hydroxyl groups is 1. The van der Waals surface area contributed by atoms with Gasteiger partial charge in [0.15, 0.2) is 5.79 Å². The molecule has 0 spiro atoms. The van der Waals surface area contributed by atoms with Crippen LogP contribution < -0.4 is 0 Å². The van der Waals surface area contributed by atoms with Crippen LogP contribution in [-0.2, 0) is 9.47 Å². The lowest BCUT2D eigenvalue weighted by Crippen LogP contribution is -2.56. The highest BCUT2D eigenvalue weighted by molar-refractivity contribution is 5.50. The summed E-state index contributed by atoms with van der Waals surface area (Å²) in [5.74, 6) is 3.23. The van der Waals surface area contributed by atoms with E-state index in [0.717, 1.165) is 50.2 Å². The van der Waals surface area contributed by atoms with Gasteiger partial charge in [-0.2, -0.15) is 0 Å². The Hall–Kier alpha value is -1.16. The average Bonchev–Trinajstić information content (AvgIpc) is 3.43. The molecule has 4 aliphatic carbocycles. The molecule has 1 aliphatic heterocycles. The highest BCUT2D eigenvalue weighted by Gasteiger charge is 2.64. The van der Waals surface area contributed by atoms with E-state index in [1.807, 2.05) is 6.07 Å². The van der Waals surface area contributed by atoms with Crippen LogP contribution in [0.4, 0.5) is 0 Å². The van der Waals surface area contributed by atoms with Gasteiger partial charge in [0.2, 0.25) is 0 Å². The molecule has 1 aromatic carbocycles. The summed E-state index contributed by atoms with van der Waals surface area (Å²) in [6, 6.07) is 10.4. The number of ether oxygens (including phenoxy) is 2. The van der Waals surface area contributed by atoms with Gasteiger partial charge < -0.3 is 14.6 Å². The van der Waals surface area contributed by atoms with Gasteiger partial charge in [-0.3, -0.25) is 0 Å². The Kier molecular flexibility index (Phi) is 5.59. The van der Waals surface area contributed by atoms with Crippen LogP contribution in [0.3, 0.4) is 0 Å². The van der Waals surface area contributed by atoms with Crippen LogP contribution in [0.5, 0.6) is 0 Å². The Bertz CT molecular complexity index is 920. The van der Waals surface area contributed by atoms with Crippen molar-refractivity contribution in [2.75, 3.05) is 13.2 Å². The van der Waals surface area contributed by atoms with Gasteiger partial charge in [0.25, 0.3) is 0 Å². The molecule has 1 heterocycles. The van der Waals surface area contributed by atoms with Gasteiger partial charge in [-0.05, 0) is 105 Å². The fourth-order valence-corrected chi connectivity index (χ4v) is 9.83. The van der Waals surface area contributed by atoms with Gasteiger partial charge in [0.05, 0.1) is 18.8 Å². The third kappa shape index (κ3) is 3.56. The van der Waals surface area contributed by atoms with Crippen molar-refractivity contribution in [2.45, 2.75) is 89.9 Å². The van der Waals surface area contributed by atoms with E-state index in [2.05, 4.69) is 57.2 Å². The SMILES string of the molecule is CC1([C@H]2CC[C@H]3[C@@H]4CC[C@H]5C[C@@](O)(C=Cc6ccccc6)CC[C@]5(C)[C@H]4CC[C@]23C)OCCO1. The van der Waals surface area contributed by atoms with Gasteiger partial charge in [-0.1, -0.05) is 56.3 Å². The fourth-order valence-electron chi connectivity index (χ4n) is 9.83. The summed E-state index contributed by atoms with van der Waals surface area (Å²) in [6.07, 6.45) is 15.1. The summed E-state index contributed by atoms with van der Waals surface area (Å²) in [5.41, 5.74) is 1.25. The van der Waals surface area contributed by atoms with Crippen molar-refractivity contribution in [3.63, 3.8) is 0 Å². The number of hydrogen-bond acceptors (Lipinski definition) is 3. The van der Waals surface area contributed by atoms with Crippen molar-refractivity contribution >= 4 is 6.08 Å². The van der Waals surface area contributed by atoms with Crippen molar-refractivity contribution in [1.82, 2.24) is 0 Å². The minimum Gasteiger partial charge on any atom is -0.386 e. The zero-order chi connectivity index (χ0) is 23.6. The largest absolute Gasteiger partial charge is 0.386 e. The summed E-state index contributed by atoms with van der Waals surface area (Å²) in [7, 11) is 0. The third-order valence-electron chi connectivity index (χ3n) is 11.6. The molecule has 1 N–H and O–H groups in total. The Morgan fingerprint density at radius 2 is 1.56 bits per heavy atom. The van der Waals surface area contributed by atoms with Crippen LogP contribution in [0, 0.1) is 40.4 Å².